The van der Waals surface area contributed by atoms with Gasteiger partial charge in [0.05, 0.1) is 17.5 Å². The van der Waals surface area contributed by atoms with Crippen LogP contribution in [0.4, 0.5) is 5.69 Å². The number of rotatable bonds is 7. The van der Waals surface area contributed by atoms with Crippen molar-refractivity contribution in [3.05, 3.63) is 57.4 Å². The predicted octanol–water partition coefficient (Wildman–Crippen LogP) is 3.07. The van der Waals surface area contributed by atoms with E-state index in [0.717, 1.165) is 12.0 Å². The van der Waals surface area contributed by atoms with E-state index in [9.17, 15) is 14.9 Å². The normalized spacial score (nSPS) is 12.0. The first-order valence-electron chi connectivity index (χ1n) is 7.95. The van der Waals surface area contributed by atoms with Gasteiger partial charge in [-0.3, -0.25) is 19.6 Å². The molecule has 0 aliphatic heterocycles. The van der Waals surface area contributed by atoms with Crippen LogP contribution in [0, 0.1) is 24.0 Å². The summed E-state index contributed by atoms with van der Waals surface area (Å²) in [5, 5.41) is 17.8. The summed E-state index contributed by atoms with van der Waals surface area (Å²) in [6.07, 6.45) is 2.23. The van der Waals surface area contributed by atoms with Crippen LogP contribution in [0.3, 0.4) is 0 Å². The van der Waals surface area contributed by atoms with Crippen molar-refractivity contribution in [1.29, 1.82) is 0 Å². The van der Waals surface area contributed by atoms with Crippen molar-refractivity contribution < 1.29 is 9.72 Å². The molecule has 2 rings (SSSR count). The summed E-state index contributed by atoms with van der Waals surface area (Å²) in [6, 6.07) is 8.05. The molecule has 0 saturated heterocycles. The number of nitro groups is 1. The lowest BCUT2D eigenvalue weighted by Crippen LogP contribution is -2.29. The number of benzene rings is 1. The van der Waals surface area contributed by atoms with Crippen LogP contribution < -0.4 is 5.32 Å². The van der Waals surface area contributed by atoms with E-state index in [1.54, 1.807) is 6.92 Å². The van der Waals surface area contributed by atoms with Crippen LogP contribution in [0.15, 0.2) is 30.5 Å². The SMILES string of the molecule is CCC(NC(=O)CCn1ncc([N+](=O)[O-])c1C)c1ccc(C)cc1. The van der Waals surface area contributed by atoms with E-state index >= 15 is 0 Å². The minimum Gasteiger partial charge on any atom is -0.349 e. The molecule has 1 heterocycles. The number of hydrogen-bond donors (Lipinski definition) is 1. The first kappa shape index (κ1) is 17.7. The number of aryl methyl sites for hydroxylation is 2. The van der Waals surface area contributed by atoms with Crippen LogP contribution in [0.5, 0.6) is 0 Å². The summed E-state index contributed by atoms with van der Waals surface area (Å²) >= 11 is 0. The number of aromatic nitrogens is 2. The molecule has 0 aliphatic rings. The zero-order chi connectivity index (χ0) is 17.7. The molecule has 2 aromatic rings. The van der Waals surface area contributed by atoms with Gasteiger partial charge in [0.25, 0.3) is 0 Å². The molecule has 128 valence electrons. The molecule has 1 aromatic heterocycles. The topological polar surface area (TPSA) is 90.1 Å². The van der Waals surface area contributed by atoms with E-state index in [1.165, 1.54) is 16.4 Å². The fourth-order valence-electron chi connectivity index (χ4n) is 2.54. The van der Waals surface area contributed by atoms with Gasteiger partial charge in [0.15, 0.2) is 0 Å². The fourth-order valence-corrected chi connectivity index (χ4v) is 2.54. The summed E-state index contributed by atoms with van der Waals surface area (Å²) < 4.78 is 1.49. The molecule has 0 fully saturated rings. The van der Waals surface area contributed by atoms with Crippen LogP contribution in [0.2, 0.25) is 0 Å². The molecule has 24 heavy (non-hydrogen) atoms. The third kappa shape index (κ3) is 4.18. The van der Waals surface area contributed by atoms with Crippen molar-refractivity contribution in [2.45, 2.75) is 46.2 Å². The van der Waals surface area contributed by atoms with Crippen LogP contribution >= 0.6 is 0 Å². The number of hydrogen-bond acceptors (Lipinski definition) is 4. The number of carbonyl (C=O) groups is 1. The molecule has 1 unspecified atom stereocenters. The zero-order valence-electron chi connectivity index (χ0n) is 14.2. The first-order chi connectivity index (χ1) is 11.4. The summed E-state index contributed by atoms with van der Waals surface area (Å²) in [7, 11) is 0. The maximum atomic E-state index is 12.2. The lowest BCUT2D eigenvalue weighted by molar-refractivity contribution is -0.385. The second kappa shape index (κ2) is 7.72. The van der Waals surface area contributed by atoms with Gasteiger partial charge in [-0.05, 0) is 25.8 Å². The molecule has 1 aromatic carbocycles. The smallest absolute Gasteiger partial charge is 0.309 e. The maximum absolute atomic E-state index is 12.2. The van der Waals surface area contributed by atoms with Crippen molar-refractivity contribution >= 4 is 11.6 Å². The van der Waals surface area contributed by atoms with Crippen LogP contribution in [-0.4, -0.2) is 20.6 Å². The number of nitrogens with zero attached hydrogens (tertiary/aromatic N) is 3. The van der Waals surface area contributed by atoms with Gasteiger partial charge in [-0.2, -0.15) is 5.10 Å². The van der Waals surface area contributed by atoms with E-state index in [2.05, 4.69) is 10.4 Å². The van der Waals surface area contributed by atoms with Gasteiger partial charge in [0, 0.05) is 6.42 Å². The average Bonchev–Trinajstić information content (AvgIpc) is 2.92. The highest BCUT2D eigenvalue weighted by Crippen LogP contribution is 2.18. The second-order valence-corrected chi connectivity index (χ2v) is 5.78. The molecule has 0 saturated carbocycles. The van der Waals surface area contributed by atoms with Crippen LogP contribution in [-0.2, 0) is 11.3 Å². The molecule has 7 heteroatoms. The van der Waals surface area contributed by atoms with E-state index in [0.29, 0.717) is 12.2 Å². The van der Waals surface area contributed by atoms with E-state index in [1.807, 2.05) is 38.1 Å². The Labute approximate surface area is 140 Å². The van der Waals surface area contributed by atoms with Crippen LogP contribution in [0.1, 0.15) is 42.6 Å². The van der Waals surface area contributed by atoms with E-state index in [-0.39, 0.29) is 24.1 Å². The van der Waals surface area contributed by atoms with Crippen molar-refractivity contribution in [3.8, 4) is 0 Å². The number of nitrogens with one attached hydrogen (secondary N) is 1. The highest BCUT2D eigenvalue weighted by atomic mass is 16.6. The summed E-state index contributed by atoms with van der Waals surface area (Å²) in [6.45, 7) is 5.99. The number of carbonyl (C=O) groups excluding carboxylic acids is 1. The first-order valence-corrected chi connectivity index (χ1v) is 7.95. The average molecular weight is 330 g/mol. The molecule has 1 amide bonds. The standard InChI is InChI=1S/C17H22N4O3/c1-4-15(14-7-5-12(2)6-8-14)19-17(22)9-10-20-13(3)16(11-18-20)21(23)24/h5-8,11,15H,4,9-10H2,1-3H3,(H,19,22). The molecule has 0 bridgehead atoms. The molecule has 1 atom stereocenters. The van der Waals surface area contributed by atoms with E-state index in [4.69, 9.17) is 0 Å². The Morgan fingerprint density at radius 3 is 2.54 bits per heavy atom. The van der Waals surface area contributed by atoms with Crippen molar-refractivity contribution in [3.63, 3.8) is 0 Å². The molecule has 7 nitrogen and oxygen atoms in total. The Bertz CT molecular complexity index is 722. The van der Waals surface area contributed by atoms with Gasteiger partial charge < -0.3 is 5.32 Å². The summed E-state index contributed by atoms with van der Waals surface area (Å²) in [5.41, 5.74) is 2.68. The van der Waals surface area contributed by atoms with Crippen molar-refractivity contribution in [2.24, 2.45) is 0 Å². The Kier molecular flexibility index (Phi) is 5.68. The molecule has 0 spiro atoms. The minimum atomic E-state index is -0.469. The van der Waals surface area contributed by atoms with E-state index < -0.39 is 4.92 Å². The second-order valence-electron chi connectivity index (χ2n) is 5.78. The monoisotopic (exact) mass is 330 g/mol. The highest BCUT2D eigenvalue weighted by molar-refractivity contribution is 5.76. The quantitative estimate of drug-likeness (QED) is 0.624. The van der Waals surface area contributed by atoms with Gasteiger partial charge in [-0.1, -0.05) is 36.8 Å². The van der Waals surface area contributed by atoms with Crippen molar-refractivity contribution in [1.82, 2.24) is 15.1 Å². The Hall–Kier alpha value is -2.70. The molecule has 0 aliphatic carbocycles. The Morgan fingerprint density at radius 1 is 1.33 bits per heavy atom. The van der Waals surface area contributed by atoms with Gasteiger partial charge in [0.2, 0.25) is 5.91 Å². The molecular formula is C17H22N4O3. The maximum Gasteiger partial charge on any atom is 0.309 e. The largest absolute Gasteiger partial charge is 0.349 e. The Morgan fingerprint density at radius 2 is 2.00 bits per heavy atom. The molecule has 0 radical (unpaired) electrons. The third-order valence-electron chi connectivity index (χ3n) is 4.05. The van der Waals surface area contributed by atoms with Gasteiger partial charge in [0.1, 0.15) is 11.9 Å². The van der Waals surface area contributed by atoms with Gasteiger partial charge in [-0.25, -0.2) is 0 Å². The third-order valence-corrected chi connectivity index (χ3v) is 4.05. The fraction of sp³-hybridized carbons (Fsp3) is 0.412. The number of amides is 1. The van der Waals surface area contributed by atoms with Crippen LogP contribution in [0.25, 0.3) is 0 Å². The summed E-state index contributed by atoms with van der Waals surface area (Å²) in [5.74, 6) is -0.0972. The zero-order valence-corrected chi connectivity index (χ0v) is 14.2. The molecule has 1 N–H and O–H groups in total. The van der Waals surface area contributed by atoms with Gasteiger partial charge in [-0.15, -0.1) is 0 Å². The summed E-state index contributed by atoms with van der Waals surface area (Å²) in [4.78, 5) is 22.5. The highest BCUT2D eigenvalue weighted by Gasteiger charge is 2.17. The lowest BCUT2D eigenvalue weighted by Gasteiger charge is -2.18. The lowest BCUT2D eigenvalue weighted by atomic mass is 10.0. The predicted molar refractivity (Wildman–Crippen MR) is 90.6 cm³/mol. The minimum absolute atomic E-state index is 0.0264. The Balaban J connectivity index is 1.94. The van der Waals surface area contributed by atoms with Crippen molar-refractivity contribution in [2.75, 3.05) is 0 Å². The van der Waals surface area contributed by atoms with Gasteiger partial charge >= 0.3 is 5.69 Å². The molecular weight excluding hydrogens is 308 g/mol.